The van der Waals surface area contributed by atoms with Gasteiger partial charge in [-0.1, -0.05) is 69.6 Å². The Bertz CT molecular complexity index is 1250. The highest BCUT2D eigenvalue weighted by atomic mass is 79.9. The van der Waals surface area contributed by atoms with Crippen LogP contribution in [0.3, 0.4) is 0 Å². The highest BCUT2D eigenvalue weighted by molar-refractivity contribution is 9.10. The summed E-state index contributed by atoms with van der Waals surface area (Å²) in [5.41, 5.74) is 2.46. The minimum absolute atomic E-state index is 0.237. The second kappa shape index (κ2) is 7.41. The highest BCUT2D eigenvalue weighted by Crippen LogP contribution is 2.49. The molecule has 0 unspecified atom stereocenters. The third-order valence-corrected chi connectivity index (χ3v) is 6.70. The van der Waals surface area contributed by atoms with E-state index in [2.05, 4.69) is 15.9 Å². The fourth-order valence-electron chi connectivity index (χ4n) is 3.32. The summed E-state index contributed by atoms with van der Waals surface area (Å²) in [6.45, 7) is 0. The average molecular weight is 483 g/mol. The van der Waals surface area contributed by atoms with Crippen molar-refractivity contribution in [3.8, 4) is 11.3 Å². The van der Waals surface area contributed by atoms with Gasteiger partial charge in [-0.25, -0.2) is 0 Å². The second-order valence-corrected chi connectivity index (χ2v) is 8.84. The van der Waals surface area contributed by atoms with Crippen LogP contribution in [0.25, 0.3) is 11.3 Å². The van der Waals surface area contributed by atoms with Crippen molar-refractivity contribution in [1.82, 2.24) is 0 Å². The zero-order chi connectivity index (χ0) is 20.0. The molecule has 0 radical (unpaired) electrons. The van der Waals surface area contributed by atoms with Gasteiger partial charge in [0.15, 0.2) is 5.76 Å². The maximum absolute atomic E-state index is 13.5. The SMILES string of the molecule is O=C(c1ccc(-c2ccccc2Br)o1)N1c2ccccc2Sc2ccc(Cl)cc21. The fourth-order valence-corrected chi connectivity index (χ4v) is 5.00. The number of furan rings is 1. The zero-order valence-corrected chi connectivity index (χ0v) is 18.1. The molecule has 1 aliphatic heterocycles. The molecule has 4 aromatic rings. The maximum atomic E-state index is 13.5. The molecule has 1 aromatic heterocycles. The zero-order valence-electron chi connectivity index (χ0n) is 14.9. The predicted molar refractivity (Wildman–Crippen MR) is 120 cm³/mol. The van der Waals surface area contributed by atoms with Crippen LogP contribution in [0.4, 0.5) is 11.4 Å². The minimum Gasteiger partial charge on any atom is -0.451 e. The smallest absolute Gasteiger partial charge is 0.298 e. The normalized spacial score (nSPS) is 12.4. The Morgan fingerprint density at radius 2 is 1.66 bits per heavy atom. The van der Waals surface area contributed by atoms with Crippen molar-refractivity contribution in [3.05, 3.63) is 94.1 Å². The van der Waals surface area contributed by atoms with Crippen LogP contribution in [0.1, 0.15) is 10.6 Å². The molecule has 142 valence electrons. The fraction of sp³-hybridized carbons (Fsp3) is 0. The van der Waals surface area contributed by atoms with Gasteiger partial charge in [-0.3, -0.25) is 9.69 Å². The number of rotatable bonds is 2. The van der Waals surface area contributed by atoms with Crippen LogP contribution in [0.2, 0.25) is 5.02 Å². The van der Waals surface area contributed by atoms with E-state index in [1.165, 1.54) is 0 Å². The van der Waals surface area contributed by atoms with Crippen molar-refractivity contribution >= 4 is 56.6 Å². The van der Waals surface area contributed by atoms with Gasteiger partial charge >= 0.3 is 0 Å². The third kappa shape index (κ3) is 3.29. The summed E-state index contributed by atoms with van der Waals surface area (Å²) >= 11 is 11.4. The molecule has 29 heavy (non-hydrogen) atoms. The van der Waals surface area contributed by atoms with Crippen LogP contribution in [0, 0.1) is 0 Å². The lowest BCUT2D eigenvalue weighted by molar-refractivity contribution is 0.0972. The first-order valence-electron chi connectivity index (χ1n) is 8.87. The van der Waals surface area contributed by atoms with E-state index in [1.54, 1.807) is 22.7 Å². The number of benzene rings is 3. The molecule has 0 aliphatic carbocycles. The van der Waals surface area contributed by atoms with Crippen LogP contribution in [-0.4, -0.2) is 5.91 Å². The summed E-state index contributed by atoms with van der Waals surface area (Å²) in [7, 11) is 0. The molecule has 3 nitrogen and oxygen atoms in total. The van der Waals surface area contributed by atoms with Crippen molar-refractivity contribution in [2.24, 2.45) is 0 Å². The van der Waals surface area contributed by atoms with E-state index in [0.29, 0.717) is 10.8 Å². The van der Waals surface area contributed by atoms with Crippen molar-refractivity contribution in [3.63, 3.8) is 0 Å². The number of nitrogens with zero attached hydrogens (tertiary/aromatic N) is 1. The second-order valence-electron chi connectivity index (χ2n) is 6.47. The summed E-state index contributed by atoms with van der Waals surface area (Å²) in [4.78, 5) is 17.2. The van der Waals surface area contributed by atoms with E-state index in [0.717, 1.165) is 31.2 Å². The van der Waals surface area contributed by atoms with Gasteiger partial charge in [-0.15, -0.1) is 0 Å². The largest absolute Gasteiger partial charge is 0.451 e. The molecule has 1 amide bonds. The first kappa shape index (κ1) is 18.6. The van der Waals surface area contributed by atoms with Crippen molar-refractivity contribution in [1.29, 1.82) is 0 Å². The van der Waals surface area contributed by atoms with Gasteiger partial charge in [0.2, 0.25) is 0 Å². The maximum Gasteiger partial charge on any atom is 0.298 e. The Kier molecular flexibility index (Phi) is 4.74. The lowest BCUT2D eigenvalue weighted by Crippen LogP contribution is -2.28. The Hall–Kier alpha value is -2.47. The van der Waals surface area contributed by atoms with Crippen LogP contribution in [0.15, 0.2) is 97.5 Å². The molecule has 0 spiro atoms. The number of anilines is 2. The molecule has 3 aromatic carbocycles. The Balaban J connectivity index is 1.61. The van der Waals surface area contributed by atoms with E-state index in [1.807, 2.05) is 72.8 Å². The predicted octanol–water partition coefficient (Wildman–Crippen LogP) is 7.81. The minimum atomic E-state index is -0.237. The first-order chi connectivity index (χ1) is 14.1. The van der Waals surface area contributed by atoms with E-state index in [4.69, 9.17) is 16.0 Å². The molecular weight excluding hydrogens is 470 g/mol. The van der Waals surface area contributed by atoms with Gasteiger partial charge in [-0.2, -0.15) is 0 Å². The van der Waals surface area contributed by atoms with Crippen molar-refractivity contribution in [2.75, 3.05) is 4.90 Å². The molecular formula is C23H13BrClNO2S. The summed E-state index contributed by atoms with van der Waals surface area (Å²) in [5.74, 6) is 0.662. The molecule has 1 aliphatic rings. The van der Waals surface area contributed by atoms with Gasteiger partial charge in [0, 0.05) is 24.8 Å². The molecule has 0 fully saturated rings. The van der Waals surface area contributed by atoms with Crippen LogP contribution >= 0.6 is 39.3 Å². The van der Waals surface area contributed by atoms with E-state index < -0.39 is 0 Å². The van der Waals surface area contributed by atoms with Crippen molar-refractivity contribution in [2.45, 2.75) is 9.79 Å². The number of carbonyl (C=O) groups excluding carboxylic acids is 1. The number of hydrogen-bond acceptors (Lipinski definition) is 3. The highest BCUT2D eigenvalue weighted by Gasteiger charge is 2.31. The Morgan fingerprint density at radius 1 is 0.897 bits per heavy atom. The number of carbonyl (C=O) groups is 1. The monoisotopic (exact) mass is 481 g/mol. The number of amides is 1. The van der Waals surface area contributed by atoms with Gasteiger partial charge in [-0.05, 0) is 48.5 Å². The lowest BCUT2D eigenvalue weighted by Gasteiger charge is -2.30. The van der Waals surface area contributed by atoms with Gasteiger partial charge in [0.1, 0.15) is 5.76 Å². The summed E-state index contributed by atoms with van der Waals surface area (Å²) in [6, 6.07) is 24.7. The van der Waals surface area contributed by atoms with Gasteiger partial charge in [0.25, 0.3) is 5.91 Å². The molecule has 5 rings (SSSR count). The Labute approximate surface area is 185 Å². The molecule has 2 heterocycles. The quantitative estimate of drug-likeness (QED) is 0.292. The van der Waals surface area contributed by atoms with Gasteiger partial charge in [0.05, 0.1) is 11.4 Å². The molecule has 0 saturated heterocycles. The molecule has 0 bridgehead atoms. The van der Waals surface area contributed by atoms with Crippen LogP contribution < -0.4 is 4.90 Å². The summed E-state index contributed by atoms with van der Waals surface area (Å²) < 4.78 is 6.87. The third-order valence-electron chi connectivity index (χ3n) is 4.65. The summed E-state index contributed by atoms with van der Waals surface area (Å²) in [5, 5.41) is 0.579. The number of fused-ring (bicyclic) bond motifs is 2. The summed E-state index contributed by atoms with van der Waals surface area (Å²) in [6.07, 6.45) is 0. The average Bonchev–Trinajstić information content (AvgIpc) is 3.22. The van der Waals surface area contributed by atoms with Crippen LogP contribution in [-0.2, 0) is 0 Å². The van der Waals surface area contributed by atoms with E-state index in [9.17, 15) is 4.79 Å². The topological polar surface area (TPSA) is 33.5 Å². The van der Waals surface area contributed by atoms with Crippen LogP contribution in [0.5, 0.6) is 0 Å². The number of halogens is 2. The van der Waals surface area contributed by atoms with E-state index in [-0.39, 0.29) is 11.7 Å². The molecule has 0 N–H and O–H groups in total. The first-order valence-corrected chi connectivity index (χ1v) is 10.9. The number of para-hydroxylation sites is 1. The molecule has 0 atom stereocenters. The van der Waals surface area contributed by atoms with E-state index >= 15 is 0 Å². The van der Waals surface area contributed by atoms with Gasteiger partial charge < -0.3 is 4.42 Å². The number of hydrogen-bond donors (Lipinski definition) is 0. The molecule has 6 heteroatoms. The lowest BCUT2D eigenvalue weighted by atomic mass is 10.2. The molecule has 0 saturated carbocycles. The standard InChI is InChI=1S/C23H13BrClNO2S/c24-16-6-2-1-5-15(16)19-10-11-20(28-19)23(27)26-17-7-3-4-8-21(17)29-22-12-9-14(25)13-18(22)26/h1-13H. The Morgan fingerprint density at radius 3 is 2.52 bits per heavy atom. The van der Waals surface area contributed by atoms with Crippen molar-refractivity contribution < 1.29 is 9.21 Å².